The van der Waals surface area contributed by atoms with Gasteiger partial charge in [-0.15, -0.1) is 11.3 Å². The van der Waals surface area contributed by atoms with E-state index in [-0.39, 0.29) is 37.3 Å². The lowest BCUT2D eigenvalue weighted by Crippen LogP contribution is -2.15. The number of rotatable bonds is 5. The summed E-state index contributed by atoms with van der Waals surface area (Å²) in [5.74, 6) is -2.20. The summed E-state index contributed by atoms with van der Waals surface area (Å²) in [4.78, 5) is 37.9. The van der Waals surface area contributed by atoms with Gasteiger partial charge in [0.25, 0.3) is 11.8 Å². The zero-order chi connectivity index (χ0) is 25.2. The van der Waals surface area contributed by atoms with Crippen LogP contribution in [-0.2, 0) is 10.9 Å². The summed E-state index contributed by atoms with van der Waals surface area (Å²) in [5.41, 5.74) is -0.908. The van der Waals surface area contributed by atoms with Crippen molar-refractivity contribution >= 4 is 63.0 Å². The number of anilines is 2. The Kier molecular flexibility index (Phi) is 7.54. The fourth-order valence-electron chi connectivity index (χ4n) is 2.92. The molecule has 0 aliphatic carbocycles. The van der Waals surface area contributed by atoms with E-state index in [0.29, 0.717) is 11.1 Å². The van der Waals surface area contributed by atoms with Crippen LogP contribution in [0.3, 0.4) is 0 Å². The summed E-state index contributed by atoms with van der Waals surface area (Å²) in [6.45, 7) is 1.45. The molecule has 2 N–H and O–H groups in total. The van der Waals surface area contributed by atoms with Crippen LogP contribution in [0.15, 0.2) is 42.5 Å². The molecule has 12 heteroatoms. The number of alkyl halides is 3. The van der Waals surface area contributed by atoms with E-state index in [0.717, 1.165) is 30.6 Å². The first-order valence-corrected chi connectivity index (χ1v) is 11.0. The third kappa shape index (κ3) is 5.52. The highest BCUT2D eigenvalue weighted by Crippen LogP contribution is 2.37. The zero-order valence-corrected chi connectivity index (χ0v) is 19.8. The molecule has 0 fully saturated rings. The maximum atomic E-state index is 13.0. The zero-order valence-electron chi connectivity index (χ0n) is 17.5. The molecule has 6 nitrogen and oxygen atoms in total. The smallest absolute Gasteiger partial charge is 0.416 e. The number of hydrogen-bond donors (Lipinski definition) is 2. The van der Waals surface area contributed by atoms with Crippen LogP contribution in [-0.4, -0.2) is 24.9 Å². The van der Waals surface area contributed by atoms with E-state index < -0.39 is 29.5 Å². The molecule has 34 heavy (non-hydrogen) atoms. The molecule has 0 saturated heterocycles. The standard InChI is InChI=1S/C22H15Cl2F3N2O4S/c1-10-16(21(32)33-2)20(29-18(30)11-3-6-13(23)7-4-11)34-17(10)19(31)28-15-9-12(22(25,26)27)5-8-14(15)24/h3-9H,1-2H3,(H,28,31)(H,29,30). The average molecular weight is 531 g/mol. The lowest BCUT2D eigenvalue weighted by atomic mass is 10.1. The van der Waals surface area contributed by atoms with Gasteiger partial charge in [-0.25, -0.2) is 4.79 Å². The molecule has 178 valence electrons. The molecule has 0 atom stereocenters. The molecule has 0 saturated carbocycles. The molecule has 1 heterocycles. The second kappa shape index (κ2) is 10.0. The van der Waals surface area contributed by atoms with Crippen LogP contribution in [0.25, 0.3) is 0 Å². The summed E-state index contributed by atoms with van der Waals surface area (Å²) < 4.78 is 43.9. The van der Waals surface area contributed by atoms with Crippen molar-refractivity contribution in [1.29, 1.82) is 0 Å². The molecule has 0 aliphatic heterocycles. The van der Waals surface area contributed by atoms with Gasteiger partial charge in [-0.3, -0.25) is 9.59 Å². The second-order valence-corrected chi connectivity index (χ2v) is 8.72. The summed E-state index contributed by atoms with van der Waals surface area (Å²) in [6.07, 6.45) is -4.64. The number of amides is 2. The predicted molar refractivity (Wildman–Crippen MR) is 124 cm³/mol. The number of methoxy groups -OCH3 is 1. The van der Waals surface area contributed by atoms with Gasteiger partial charge in [-0.05, 0) is 55.0 Å². The van der Waals surface area contributed by atoms with Gasteiger partial charge in [0.1, 0.15) is 5.00 Å². The van der Waals surface area contributed by atoms with E-state index in [2.05, 4.69) is 10.6 Å². The monoisotopic (exact) mass is 530 g/mol. The molecule has 0 spiro atoms. The Hall–Kier alpha value is -3.08. The van der Waals surface area contributed by atoms with Crippen LogP contribution in [0.1, 0.15) is 41.5 Å². The number of thiophene rings is 1. The molecule has 0 bridgehead atoms. The van der Waals surface area contributed by atoms with Crippen molar-refractivity contribution in [3.63, 3.8) is 0 Å². The number of hydrogen-bond acceptors (Lipinski definition) is 5. The first-order chi connectivity index (χ1) is 15.9. The van der Waals surface area contributed by atoms with Gasteiger partial charge in [0, 0.05) is 10.6 Å². The normalized spacial score (nSPS) is 11.1. The van der Waals surface area contributed by atoms with Gasteiger partial charge >= 0.3 is 12.1 Å². The van der Waals surface area contributed by atoms with Crippen LogP contribution < -0.4 is 10.6 Å². The lowest BCUT2D eigenvalue weighted by Gasteiger charge is -2.11. The van der Waals surface area contributed by atoms with E-state index in [4.69, 9.17) is 27.9 Å². The maximum absolute atomic E-state index is 13.0. The largest absolute Gasteiger partial charge is 0.465 e. The Morgan fingerprint density at radius 2 is 1.62 bits per heavy atom. The molecule has 2 aromatic carbocycles. The summed E-state index contributed by atoms with van der Waals surface area (Å²) in [7, 11) is 1.13. The summed E-state index contributed by atoms with van der Waals surface area (Å²) in [5, 5.41) is 5.23. The third-order valence-electron chi connectivity index (χ3n) is 4.62. The Bertz CT molecular complexity index is 1270. The summed E-state index contributed by atoms with van der Waals surface area (Å²) in [6, 6.07) is 8.46. The minimum atomic E-state index is -4.64. The molecular formula is C22H15Cl2F3N2O4S. The minimum absolute atomic E-state index is 0.0275. The van der Waals surface area contributed by atoms with Crippen LogP contribution >= 0.6 is 34.5 Å². The Morgan fingerprint density at radius 1 is 0.971 bits per heavy atom. The molecule has 3 aromatic rings. The van der Waals surface area contributed by atoms with Crippen molar-refractivity contribution in [1.82, 2.24) is 0 Å². The number of ether oxygens (including phenoxy) is 1. The predicted octanol–water partition coefficient (Wildman–Crippen LogP) is 6.67. The molecule has 0 aliphatic rings. The van der Waals surface area contributed by atoms with E-state index in [9.17, 15) is 27.6 Å². The molecule has 0 unspecified atom stereocenters. The van der Waals surface area contributed by atoms with E-state index in [1.54, 1.807) is 0 Å². The van der Waals surface area contributed by atoms with Crippen LogP contribution in [0.4, 0.5) is 23.9 Å². The van der Waals surface area contributed by atoms with E-state index >= 15 is 0 Å². The van der Waals surface area contributed by atoms with Gasteiger partial charge < -0.3 is 15.4 Å². The Morgan fingerprint density at radius 3 is 2.21 bits per heavy atom. The number of benzene rings is 2. The molecule has 0 radical (unpaired) electrons. The molecule has 1 aromatic heterocycles. The molecular weight excluding hydrogens is 516 g/mol. The van der Waals surface area contributed by atoms with Crippen molar-refractivity contribution in [3.05, 3.63) is 79.6 Å². The first kappa shape index (κ1) is 25.5. The number of nitrogens with one attached hydrogen (secondary N) is 2. The van der Waals surface area contributed by atoms with Gasteiger partial charge in [0.05, 0.1) is 33.8 Å². The van der Waals surface area contributed by atoms with Crippen molar-refractivity contribution in [3.8, 4) is 0 Å². The first-order valence-electron chi connectivity index (χ1n) is 9.39. The van der Waals surface area contributed by atoms with Crippen molar-refractivity contribution in [2.75, 3.05) is 17.7 Å². The highest BCUT2D eigenvalue weighted by molar-refractivity contribution is 7.19. The van der Waals surface area contributed by atoms with E-state index in [1.807, 2.05) is 0 Å². The quantitative estimate of drug-likeness (QED) is 0.360. The van der Waals surface area contributed by atoms with Gasteiger partial charge in [0.15, 0.2) is 0 Å². The minimum Gasteiger partial charge on any atom is -0.465 e. The maximum Gasteiger partial charge on any atom is 0.416 e. The van der Waals surface area contributed by atoms with Crippen molar-refractivity contribution in [2.24, 2.45) is 0 Å². The van der Waals surface area contributed by atoms with Crippen LogP contribution in [0, 0.1) is 6.92 Å². The Balaban J connectivity index is 1.95. The molecule has 2 amide bonds. The number of halogens is 5. The highest BCUT2D eigenvalue weighted by Gasteiger charge is 2.32. The number of esters is 1. The summed E-state index contributed by atoms with van der Waals surface area (Å²) >= 11 is 12.5. The van der Waals surface area contributed by atoms with Gasteiger partial charge in [-0.2, -0.15) is 13.2 Å². The SMILES string of the molecule is COC(=O)c1c(NC(=O)c2ccc(Cl)cc2)sc(C(=O)Nc2cc(C(F)(F)F)ccc2Cl)c1C. The van der Waals surface area contributed by atoms with Crippen molar-refractivity contribution < 1.29 is 32.3 Å². The fourth-order valence-corrected chi connectivity index (χ4v) is 4.30. The van der Waals surface area contributed by atoms with Gasteiger partial charge in [0.2, 0.25) is 0 Å². The van der Waals surface area contributed by atoms with Crippen LogP contribution in [0.5, 0.6) is 0 Å². The fraction of sp³-hybridized carbons (Fsp3) is 0.136. The number of carbonyl (C=O) groups excluding carboxylic acids is 3. The lowest BCUT2D eigenvalue weighted by molar-refractivity contribution is -0.137. The van der Waals surface area contributed by atoms with Crippen molar-refractivity contribution in [2.45, 2.75) is 13.1 Å². The Labute approximate surface area is 205 Å². The average Bonchev–Trinajstić information content (AvgIpc) is 3.10. The second-order valence-electron chi connectivity index (χ2n) is 6.86. The highest BCUT2D eigenvalue weighted by atomic mass is 35.5. The number of carbonyl (C=O) groups is 3. The van der Waals surface area contributed by atoms with Gasteiger partial charge in [-0.1, -0.05) is 23.2 Å². The topological polar surface area (TPSA) is 84.5 Å². The molecule has 3 rings (SSSR count). The third-order valence-corrected chi connectivity index (χ3v) is 6.41. The van der Waals surface area contributed by atoms with E-state index in [1.165, 1.54) is 31.2 Å². The van der Waals surface area contributed by atoms with Crippen LogP contribution in [0.2, 0.25) is 10.0 Å².